The van der Waals surface area contributed by atoms with E-state index in [2.05, 4.69) is 24.0 Å². The van der Waals surface area contributed by atoms with Crippen LogP contribution in [0, 0.1) is 11.8 Å². The first kappa shape index (κ1) is 12.8. The molecule has 1 aliphatic rings. The highest BCUT2D eigenvalue weighted by Gasteiger charge is 2.25. The third kappa shape index (κ3) is 2.78. The smallest absolute Gasteiger partial charge is 0.274 e. The lowest BCUT2D eigenvalue weighted by molar-refractivity contribution is 0.0660. The second-order valence-electron chi connectivity index (χ2n) is 5.22. The van der Waals surface area contributed by atoms with Gasteiger partial charge in [0.25, 0.3) is 5.91 Å². The SMILES string of the molecule is CC(C)C1CCN(C(=O)c2ccc(N)nn2)CC1. The Morgan fingerprint density at radius 3 is 2.50 bits per heavy atom. The molecule has 0 aromatic carbocycles. The summed E-state index contributed by atoms with van der Waals surface area (Å²) < 4.78 is 0. The monoisotopic (exact) mass is 248 g/mol. The summed E-state index contributed by atoms with van der Waals surface area (Å²) in [5.74, 6) is 1.72. The molecule has 5 heteroatoms. The van der Waals surface area contributed by atoms with E-state index >= 15 is 0 Å². The van der Waals surface area contributed by atoms with E-state index in [1.54, 1.807) is 12.1 Å². The maximum absolute atomic E-state index is 12.2. The van der Waals surface area contributed by atoms with Gasteiger partial charge in [-0.25, -0.2) is 0 Å². The van der Waals surface area contributed by atoms with Gasteiger partial charge in [0.05, 0.1) is 0 Å². The van der Waals surface area contributed by atoms with Crippen LogP contribution in [0.25, 0.3) is 0 Å². The Labute approximate surface area is 107 Å². The molecular weight excluding hydrogens is 228 g/mol. The summed E-state index contributed by atoms with van der Waals surface area (Å²) >= 11 is 0. The van der Waals surface area contributed by atoms with Crippen molar-refractivity contribution in [3.8, 4) is 0 Å². The van der Waals surface area contributed by atoms with Crippen molar-refractivity contribution < 1.29 is 4.79 Å². The summed E-state index contributed by atoms with van der Waals surface area (Å²) in [6.45, 7) is 6.11. The predicted octanol–water partition coefficient (Wildman–Crippen LogP) is 1.57. The summed E-state index contributed by atoms with van der Waals surface area (Å²) in [4.78, 5) is 14.0. The molecule has 1 aromatic rings. The molecule has 5 nitrogen and oxygen atoms in total. The lowest BCUT2D eigenvalue weighted by atomic mass is 9.86. The number of anilines is 1. The molecule has 98 valence electrons. The summed E-state index contributed by atoms with van der Waals surface area (Å²) in [5.41, 5.74) is 5.84. The van der Waals surface area contributed by atoms with Crippen LogP contribution in [0.2, 0.25) is 0 Å². The number of hydrogen-bond donors (Lipinski definition) is 1. The molecular formula is C13H20N4O. The fourth-order valence-electron chi connectivity index (χ4n) is 2.39. The third-order valence-electron chi connectivity index (χ3n) is 3.67. The molecule has 1 aromatic heterocycles. The van der Waals surface area contributed by atoms with Gasteiger partial charge in [0, 0.05) is 13.1 Å². The van der Waals surface area contributed by atoms with Crippen molar-refractivity contribution >= 4 is 11.7 Å². The summed E-state index contributed by atoms with van der Waals surface area (Å²) in [6.07, 6.45) is 2.15. The first-order valence-corrected chi connectivity index (χ1v) is 6.46. The van der Waals surface area contributed by atoms with Gasteiger partial charge in [-0.1, -0.05) is 13.8 Å². The van der Waals surface area contributed by atoms with Gasteiger partial charge in [-0.15, -0.1) is 10.2 Å². The largest absolute Gasteiger partial charge is 0.382 e. The van der Waals surface area contributed by atoms with Gasteiger partial charge in [-0.3, -0.25) is 4.79 Å². The minimum absolute atomic E-state index is 0.0373. The zero-order valence-corrected chi connectivity index (χ0v) is 11.0. The normalized spacial score (nSPS) is 17.2. The maximum atomic E-state index is 12.2. The van der Waals surface area contributed by atoms with E-state index in [1.807, 2.05) is 4.90 Å². The van der Waals surface area contributed by atoms with Crippen molar-refractivity contribution in [1.82, 2.24) is 15.1 Å². The van der Waals surface area contributed by atoms with Crippen molar-refractivity contribution in [2.24, 2.45) is 11.8 Å². The molecule has 2 rings (SSSR count). The van der Waals surface area contributed by atoms with Crippen molar-refractivity contribution in [2.45, 2.75) is 26.7 Å². The number of hydrogen-bond acceptors (Lipinski definition) is 4. The van der Waals surface area contributed by atoms with Gasteiger partial charge in [-0.05, 0) is 36.8 Å². The quantitative estimate of drug-likeness (QED) is 0.862. The molecule has 2 heterocycles. The van der Waals surface area contributed by atoms with Crippen LogP contribution in [-0.4, -0.2) is 34.1 Å². The fourth-order valence-corrected chi connectivity index (χ4v) is 2.39. The van der Waals surface area contributed by atoms with Gasteiger partial charge in [-0.2, -0.15) is 0 Å². The maximum Gasteiger partial charge on any atom is 0.274 e. The van der Waals surface area contributed by atoms with E-state index in [-0.39, 0.29) is 5.91 Å². The van der Waals surface area contributed by atoms with Crippen molar-refractivity contribution in [1.29, 1.82) is 0 Å². The topological polar surface area (TPSA) is 72.1 Å². The van der Waals surface area contributed by atoms with Crippen LogP contribution < -0.4 is 5.73 Å². The third-order valence-corrected chi connectivity index (χ3v) is 3.67. The number of piperidine rings is 1. The van der Waals surface area contributed by atoms with Crippen LogP contribution in [0.3, 0.4) is 0 Å². The number of likely N-dealkylation sites (tertiary alicyclic amines) is 1. The van der Waals surface area contributed by atoms with E-state index in [4.69, 9.17) is 5.73 Å². The van der Waals surface area contributed by atoms with E-state index in [1.165, 1.54) is 0 Å². The standard InChI is InChI=1S/C13H20N4O/c1-9(2)10-5-7-17(8-6-10)13(18)11-3-4-12(14)16-15-11/h3-4,9-10H,5-8H2,1-2H3,(H2,14,16). The first-order chi connectivity index (χ1) is 8.58. The Morgan fingerprint density at radius 2 is 2.00 bits per heavy atom. The number of nitrogens with two attached hydrogens (primary N) is 1. The molecule has 0 unspecified atom stereocenters. The molecule has 0 aliphatic carbocycles. The van der Waals surface area contributed by atoms with Gasteiger partial charge in [0.15, 0.2) is 5.69 Å². The summed E-state index contributed by atoms with van der Waals surface area (Å²) in [5, 5.41) is 7.56. The second-order valence-corrected chi connectivity index (χ2v) is 5.22. The van der Waals surface area contributed by atoms with Crippen LogP contribution in [0.5, 0.6) is 0 Å². The highest BCUT2D eigenvalue weighted by atomic mass is 16.2. The molecule has 1 amide bonds. The van der Waals surface area contributed by atoms with Gasteiger partial charge >= 0.3 is 0 Å². The number of amides is 1. The van der Waals surface area contributed by atoms with E-state index in [9.17, 15) is 4.79 Å². The number of carbonyl (C=O) groups excluding carboxylic acids is 1. The number of aromatic nitrogens is 2. The molecule has 2 N–H and O–H groups in total. The highest BCUT2D eigenvalue weighted by molar-refractivity contribution is 5.92. The zero-order chi connectivity index (χ0) is 13.1. The van der Waals surface area contributed by atoms with Crippen molar-refractivity contribution in [3.63, 3.8) is 0 Å². The molecule has 0 atom stereocenters. The van der Waals surface area contributed by atoms with Crippen LogP contribution in [-0.2, 0) is 0 Å². The Balaban J connectivity index is 1.97. The Hall–Kier alpha value is -1.65. The molecule has 1 aliphatic heterocycles. The first-order valence-electron chi connectivity index (χ1n) is 6.46. The number of nitrogens with zero attached hydrogens (tertiary/aromatic N) is 3. The molecule has 0 saturated carbocycles. The van der Waals surface area contributed by atoms with E-state index in [0.717, 1.165) is 31.8 Å². The second kappa shape index (κ2) is 5.33. The van der Waals surface area contributed by atoms with Crippen LogP contribution in [0.1, 0.15) is 37.2 Å². The average Bonchev–Trinajstić information content (AvgIpc) is 2.39. The number of carbonyl (C=O) groups is 1. The summed E-state index contributed by atoms with van der Waals surface area (Å²) in [7, 11) is 0. The van der Waals surface area contributed by atoms with E-state index in [0.29, 0.717) is 17.4 Å². The lowest BCUT2D eigenvalue weighted by Gasteiger charge is -2.33. The molecule has 18 heavy (non-hydrogen) atoms. The lowest BCUT2D eigenvalue weighted by Crippen LogP contribution is -2.39. The van der Waals surface area contributed by atoms with Crippen molar-refractivity contribution in [2.75, 3.05) is 18.8 Å². The summed E-state index contributed by atoms with van der Waals surface area (Å²) in [6, 6.07) is 3.25. The Kier molecular flexibility index (Phi) is 3.79. The molecule has 0 spiro atoms. The minimum atomic E-state index is -0.0373. The predicted molar refractivity (Wildman–Crippen MR) is 69.9 cm³/mol. The number of rotatable bonds is 2. The van der Waals surface area contributed by atoms with E-state index < -0.39 is 0 Å². The molecule has 1 fully saturated rings. The average molecular weight is 248 g/mol. The highest BCUT2D eigenvalue weighted by Crippen LogP contribution is 2.24. The molecule has 1 saturated heterocycles. The van der Waals surface area contributed by atoms with Crippen molar-refractivity contribution in [3.05, 3.63) is 17.8 Å². The van der Waals surface area contributed by atoms with Gasteiger partial charge in [0.1, 0.15) is 5.82 Å². The molecule has 0 radical (unpaired) electrons. The van der Waals surface area contributed by atoms with Gasteiger partial charge in [0.2, 0.25) is 0 Å². The Morgan fingerprint density at radius 1 is 1.33 bits per heavy atom. The van der Waals surface area contributed by atoms with Crippen LogP contribution >= 0.6 is 0 Å². The van der Waals surface area contributed by atoms with Gasteiger partial charge < -0.3 is 10.6 Å². The number of nitrogen functional groups attached to an aromatic ring is 1. The molecule has 0 bridgehead atoms. The zero-order valence-electron chi connectivity index (χ0n) is 11.0. The van der Waals surface area contributed by atoms with Crippen LogP contribution in [0.4, 0.5) is 5.82 Å². The fraction of sp³-hybridized carbons (Fsp3) is 0.615. The van der Waals surface area contributed by atoms with Crippen LogP contribution in [0.15, 0.2) is 12.1 Å². The minimum Gasteiger partial charge on any atom is -0.382 e. The Bertz CT molecular complexity index is 408.